The summed E-state index contributed by atoms with van der Waals surface area (Å²) in [6.07, 6.45) is 0.153. The maximum atomic E-state index is 9.70. The van der Waals surface area contributed by atoms with E-state index in [0.29, 0.717) is 12.4 Å². The summed E-state index contributed by atoms with van der Waals surface area (Å²) in [6, 6.07) is 5.37. The molecular formula is C11H16O3. The molecule has 0 saturated carbocycles. The lowest BCUT2D eigenvalue weighted by Crippen LogP contribution is -2.02. The van der Waals surface area contributed by atoms with E-state index in [-0.39, 0.29) is 11.9 Å². The maximum Gasteiger partial charge on any atom is 0.163 e. The highest BCUT2D eigenvalue weighted by Gasteiger charge is 2.07. The van der Waals surface area contributed by atoms with Gasteiger partial charge in [-0.3, -0.25) is 0 Å². The van der Waals surface area contributed by atoms with Gasteiger partial charge in [0.05, 0.1) is 19.8 Å². The number of hydrogen-bond donors (Lipinski definition) is 1. The summed E-state index contributed by atoms with van der Waals surface area (Å²) < 4.78 is 10.4. The summed E-state index contributed by atoms with van der Waals surface area (Å²) in [5.74, 6) is 0.644. The van der Waals surface area contributed by atoms with Gasteiger partial charge in [0.25, 0.3) is 0 Å². The lowest BCUT2D eigenvalue weighted by molar-refractivity contribution is 0.0643. The Morgan fingerprint density at radius 1 is 1.36 bits per heavy atom. The Morgan fingerprint density at radius 3 is 2.64 bits per heavy atom. The molecule has 1 N–H and O–H groups in total. The van der Waals surface area contributed by atoms with Crippen molar-refractivity contribution in [3.63, 3.8) is 0 Å². The van der Waals surface area contributed by atoms with Gasteiger partial charge in [-0.15, -0.1) is 0 Å². The van der Waals surface area contributed by atoms with Crippen molar-refractivity contribution in [2.45, 2.75) is 26.6 Å². The number of aromatic hydroxyl groups is 1. The van der Waals surface area contributed by atoms with E-state index in [2.05, 4.69) is 0 Å². The van der Waals surface area contributed by atoms with E-state index in [9.17, 15) is 5.11 Å². The van der Waals surface area contributed by atoms with E-state index in [1.165, 1.54) is 7.11 Å². The second kappa shape index (κ2) is 4.86. The number of ether oxygens (including phenoxy) is 2. The van der Waals surface area contributed by atoms with Crippen LogP contribution in [0.4, 0.5) is 0 Å². The van der Waals surface area contributed by atoms with Crippen LogP contribution in [0.1, 0.15) is 19.4 Å². The van der Waals surface area contributed by atoms with Crippen LogP contribution in [0.3, 0.4) is 0 Å². The van der Waals surface area contributed by atoms with Crippen LogP contribution in [0, 0.1) is 0 Å². The van der Waals surface area contributed by atoms with E-state index in [4.69, 9.17) is 9.47 Å². The van der Waals surface area contributed by atoms with Gasteiger partial charge in [0.2, 0.25) is 0 Å². The molecule has 0 atom stereocenters. The normalized spacial score (nSPS) is 10.6. The van der Waals surface area contributed by atoms with Crippen molar-refractivity contribution in [3.8, 4) is 11.5 Å². The summed E-state index contributed by atoms with van der Waals surface area (Å²) in [6.45, 7) is 4.31. The molecule has 0 spiro atoms. The molecule has 0 aliphatic rings. The average molecular weight is 196 g/mol. The van der Waals surface area contributed by atoms with E-state index in [1.807, 2.05) is 26.0 Å². The Kier molecular flexibility index (Phi) is 3.77. The lowest BCUT2D eigenvalue weighted by Gasteiger charge is -2.10. The summed E-state index contributed by atoms with van der Waals surface area (Å²) in [5, 5.41) is 9.70. The van der Waals surface area contributed by atoms with Crippen molar-refractivity contribution < 1.29 is 14.6 Å². The number of hydrogen-bond acceptors (Lipinski definition) is 3. The SMILES string of the molecule is COc1cccc(COC(C)C)c1O. The molecule has 0 aromatic heterocycles. The zero-order valence-corrected chi connectivity index (χ0v) is 8.78. The Bertz CT molecular complexity index is 295. The van der Waals surface area contributed by atoms with Crippen LogP contribution in [0.2, 0.25) is 0 Å². The monoisotopic (exact) mass is 196 g/mol. The number of benzene rings is 1. The van der Waals surface area contributed by atoms with Gasteiger partial charge in [-0.2, -0.15) is 0 Å². The molecule has 1 aromatic rings. The molecule has 0 unspecified atom stereocenters. The summed E-state index contributed by atoms with van der Waals surface area (Å²) in [7, 11) is 1.53. The predicted molar refractivity (Wildman–Crippen MR) is 54.6 cm³/mol. The van der Waals surface area contributed by atoms with Gasteiger partial charge in [0.1, 0.15) is 0 Å². The fourth-order valence-corrected chi connectivity index (χ4v) is 1.11. The van der Waals surface area contributed by atoms with Gasteiger partial charge in [0, 0.05) is 5.56 Å². The van der Waals surface area contributed by atoms with Gasteiger partial charge in [-0.05, 0) is 19.9 Å². The third-order valence-electron chi connectivity index (χ3n) is 1.87. The van der Waals surface area contributed by atoms with Crippen molar-refractivity contribution >= 4 is 0 Å². The lowest BCUT2D eigenvalue weighted by atomic mass is 10.2. The molecule has 0 aliphatic heterocycles. The largest absolute Gasteiger partial charge is 0.504 e. The Morgan fingerprint density at radius 2 is 2.07 bits per heavy atom. The van der Waals surface area contributed by atoms with E-state index in [0.717, 1.165) is 5.56 Å². The quantitative estimate of drug-likeness (QED) is 0.803. The fourth-order valence-electron chi connectivity index (χ4n) is 1.11. The van der Waals surface area contributed by atoms with Crippen molar-refractivity contribution in [3.05, 3.63) is 23.8 Å². The molecule has 0 amide bonds. The number of methoxy groups -OCH3 is 1. The first-order valence-electron chi connectivity index (χ1n) is 4.61. The first-order chi connectivity index (χ1) is 6.65. The van der Waals surface area contributed by atoms with Gasteiger partial charge >= 0.3 is 0 Å². The second-order valence-corrected chi connectivity index (χ2v) is 3.33. The van der Waals surface area contributed by atoms with Gasteiger partial charge in [0.15, 0.2) is 11.5 Å². The molecule has 3 nitrogen and oxygen atoms in total. The molecular weight excluding hydrogens is 180 g/mol. The second-order valence-electron chi connectivity index (χ2n) is 3.33. The molecule has 78 valence electrons. The van der Waals surface area contributed by atoms with Crippen LogP contribution in [-0.4, -0.2) is 18.3 Å². The molecule has 1 aromatic carbocycles. The first kappa shape index (κ1) is 10.9. The molecule has 0 radical (unpaired) electrons. The average Bonchev–Trinajstić information content (AvgIpc) is 2.16. The number of phenolic OH excluding ortho intramolecular Hbond substituents is 1. The van der Waals surface area contributed by atoms with Crippen LogP contribution < -0.4 is 4.74 Å². The number of phenols is 1. The van der Waals surface area contributed by atoms with Crippen LogP contribution in [0.15, 0.2) is 18.2 Å². The molecule has 3 heteroatoms. The third kappa shape index (κ3) is 2.64. The van der Waals surface area contributed by atoms with E-state index >= 15 is 0 Å². The highest BCUT2D eigenvalue weighted by atomic mass is 16.5. The topological polar surface area (TPSA) is 38.7 Å². The van der Waals surface area contributed by atoms with Crippen molar-refractivity contribution in [1.29, 1.82) is 0 Å². The standard InChI is InChI=1S/C11H16O3/c1-8(2)14-7-9-5-4-6-10(13-3)11(9)12/h4-6,8,12H,7H2,1-3H3. The highest BCUT2D eigenvalue weighted by molar-refractivity contribution is 5.44. The van der Waals surface area contributed by atoms with Crippen molar-refractivity contribution in [2.75, 3.05) is 7.11 Å². The summed E-state index contributed by atoms with van der Waals surface area (Å²) >= 11 is 0. The van der Waals surface area contributed by atoms with Gasteiger partial charge < -0.3 is 14.6 Å². The van der Waals surface area contributed by atoms with E-state index < -0.39 is 0 Å². The molecule has 0 saturated heterocycles. The summed E-state index contributed by atoms with van der Waals surface area (Å²) in [5.41, 5.74) is 0.748. The maximum absolute atomic E-state index is 9.70. The zero-order chi connectivity index (χ0) is 10.6. The molecule has 1 rings (SSSR count). The minimum Gasteiger partial charge on any atom is -0.504 e. The molecule has 0 fully saturated rings. The molecule has 14 heavy (non-hydrogen) atoms. The summed E-state index contributed by atoms with van der Waals surface area (Å²) in [4.78, 5) is 0. The molecule has 0 heterocycles. The van der Waals surface area contributed by atoms with Crippen LogP contribution in [-0.2, 0) is 11.3 Å². The van der Waals surface area contributed by atoms with Crippen molar-refractivity contribution in [1.82, 2.24) is 0 Å². The zero-order valence-electron chi connectivity index (χ0n) is 8.78. The minimum absolute atomic E-state index is 0.153. The van der Waals surface area contributed by atoms with Gasteiger partial charge in [-0.25, -0.2) is 0 Å². The van der Waals surface area contributed by atoms with Crippen molar-refractivity contribution in [2.24, 2.45) is 0 Å². The fraction of sp³-hybridized carbons (Fsp3) is 0.455. The molecule has 0 bridgehead atoms. The number of para-hydroxylation sites is 1. The van der Waals surface area contributed by atoms with Crippen LogP contribution in [0.5, 0.6) is 11.5 Å². The Labute approximate surface area is 84.3 Å². The van der Waals surface area contributed by atoms with Crippen LogP contribution >= 0.6 is 0 Å². The minimum atomic E-state index is 0.153. The Hall–Kier alpha value is -1.22. The predicted octanol–water partition coefficient (Wildman–Crippen LogP) is 2.33. The Balaban J connectivity index is 2.76. The van der Waals surface area contributed by atoms with Gasteiger partial charge in [-0.1, -0.05) is 12.1 Å². The van der Waals surface area contributed by atoms with E-state index in [1.54, 1.807) is 6.07 Å². The first-order valence-corrected chi connectivity index (χ1v) is 4.61. The highest BCUT2D eigenvalue weighted by Crippen LogP contribution is 2.29. The molecule has 0 aliphatic carbocycles. The smallest absolute Gasteiger partial charge is 0.163 e. The third-order valence-corrected chi connectivity index (χ3v) is 1.87. The number of rotatable bonds is 4. The van der Waals surface area contributed by atoms with Crippen LogP contribution in [0.25, 0.3) is 0 Å².